The van der Waals surface area contributed by atoms with Crippen LogP contribution in [0, 0.1) is 0 Å². The third-order valence-corrected chi connectivity index (χ3v) is 3.19. The van der Waals surface area contributed by atoms with Crippen molar-refractivity contribution in [2.75, 3.05) is 5.43 Å². The largest absolute Gasteiger partial charge is 0.323 e. The van der Waals surface area contributed by atoms with Crippen LogP contribution in [0.3, 0.4) is 0 Å². The predicted octanol–water partition coefficient (Wildman–Crippen LogP) is 3.58. The Hall–Kier alpha value is -1.13. The molecule has 90 valence electrons. The molecule has 0 saturated heterocycles. The molecular formula is C13H16BrN3. The summed E-state index contributed by atoms with van der Waals surface area (Å²) in [5, 5.41) is 1.02. The van der Waals surface area contributed by atoms with Crippen LogP contribution in [0.25, 0.3) is 10.9 Å². The highest BCUT2D eigenvalue weighted by Crippen LogP contribution is 2.30. The number of anilines is 1. The molecule has 0 spiro atoms. The summed E-state index contributed by atoms with van der Waals surface area (Å²) < 4.78 is 1.02. The fraction of sp³-hybridized carbons (Fsp3) is 0.308. The first-order valence-corrected chi connectivity index (χ1v) is 6.28. The average Bonchev–Trinajstić information content (AvgIpc) is 2.26. The number of rotatable bonds is 1. The smallest absolute Gasteiger partial charge is 0.0727 e. The highest BCUT2D eigenvalue weighted by Gasteiger charge is 2.17. The van der Waals surface area contributed by atoms with Gasteiger partial charge in [0.1, 0.15) is 0 Å². The van der Waals surface area contributed by atoms with Gasteiger partial charge in [-0.3, -0.25) is 10.8 Å². The standard InChI is InChI=1S/C13H16BrN3/c1-13(2,3)12-7-11(17-15)9-6-8(14)4-5-10(9)16-12/h4-7H,15H2,1-3H3,(H,16,17). The van der Waals surface area contributed by atoms with E-state index in [0.717, 1.165) is 26.8 Å². The molecule has 0 saturated carbocycles. The normalized spacial score (nSPS) is 11.8. The number of nitrogens with two attached hydrogens (primary N) is 1. The second kappa shape index (κ2) is 4.27. The number of aromatic nitrogens is 1. The molecule has 1 aromatic heterocycles. The molecule has 3 nitrogen and oxygen atoms in total. The number of nitrogens with one attached hydrogen (secondary N) is 1. The first-order chi connectivity index (χ1) is 7.91. The molecule has 1 aromatic carbocycles. The van der Waals surface area contributed by atoms with Gasteiger partial charge in [0.15, 0.2) is 0 Å². The maximum atomic E-state index is 5.59. The zero-order valence-corrected chi connectivity index (χ0v) is 11.8. The van der Waals surface area contributed by atoms with Crippen molar-refractivity contribution in [3.8, 4) is 0 Å². The second-order valence-corrected chi connectivity index (χ2v) is 6.03. The Bertz CT molecular complexity index is 558. The van der Waals surface area contributed by atoms with E-state index in [1.807, 2.05) is 24.3 Å². The summed E-state index contributed by atoms with van der Waals surface area (Å²) in [6, 6.07) is 8.01. The Balaban J connectivity index is 2.75. The topological polar surface area (TPSA) is 50.9 Å². The molecule has 17 heavy (non-hydrogen) atoms. The fourth-order valence-corrected chi connectivity index (χ4v) is 2.06. The van der Waals surface area contributed by atoms with E-state index < -0.39 is 0 Å². The molecule has 3 N–H and O–H groups in total. The number of halogens is 1. The van der Waals surface area contributed by atoms with Crippen LogP contribution in [-0.2, 0) is 5.41 Å². The van der Waals surface area contributed by atoms with Crippen molar-refractivity contribution in [1.29, 1.82) is 0 Å². The minimum atomic E-state index is 0.00681. The van der Waals surface area contributed by atoms with Gasteiger partial charge in [-0.15, -0.1) is 0 Å². The van der Waals surface area contributed by atoms with Crippen LogP contribution in [0.5, 0.6) is 0 Å². The van der Waals surface area contributed by atoms with Gasteiger partial charge in [-0.2, -0.15) is 0 Å². The van der Waals surface area contributed by atoms with Crippen LogP contribution in [0.1, 0.15) is 26.5 Å². The van der Waals surface area contributed by atoms with Crippen molar-refractivity contribution in [3.63, 3.8) is 0 Å². The first kappa shape index (κ1) is 12.3. The number of benzene rings is 1. The van der Waals surface area contributed by atoms with Gasteiger partial charge in [0.2, 0.25) is 0 Å². The minimum Gasteiger partial charge on any atom is -0.323 e. The van der Waals surface area contributed by atoms with Gasteiger partial charge in [0.05, 0.1) is 11.2 Å². The highest BCUT2D eigenvalue weighted by molar-refractivity contribution is 9.10. The fourth-order valence-electron chi connectivity index (χ4n) is 1.70. The number of hydrazine groups is 1. The number of hydrogen-bond donors (Lipinski definition) is 2. The molecule has 2 rings (SSSR count). The Labute approximate surface area is 110 Å². The van der Waals surface area contributed by atoms with E-state index in [1.54, 1.807) is 0 Å². The lowest BCUT2D eigenvalue weighted by atomic mass is 9.91. The van der Waals surface area contributed by atoms with Crippen LogP contribution in [0.15, 0.2) is 28.7 Å². The molecule has 1 heterocycles. The van der Waals surface area contributed by atoms with Gasteiger partial charge in [-0.05, 0) is 24.3 Å². The Kier molecular flexibility index (Phi) is 3.10. The number of nitrogens with zero attached hydrogens (tertiary/aromatic N) is 1. The van der Waals surface area contributed by atoms with Crippen molar-refractivity contribution in [2.45, 2.75) is 26.2 Å². The summed E-state index contributed by atoms with van der Waals surface area (Å²) in [6.07, 6.45) is 0. The van der Waals surface area contributed by atoms with Gasteiger partial charge in [-0.25, -0.2) is 0 Å². The summed E-state index contributed by atoms with van der Waals surface area (Å²) in [6.45, 7) is 6.42. The summed E-state index contributed by atoms with van der Waals surface area (Å²) >= 11 is 3.46. The van der Waals surface area contributed by atoms with E-state index in [4.69, 9.17) is 5.84 Å². The molecule has 0 fully saturated rings. The van der Waals surface area contributed by atoms with Crippen LogP contribution < -0.4 is 11.3 Å². The molecule has 0 amide bonds. The van der Waals surface area contributed by atoms with E-state index in [0.29, 0.717) is 0 Å². The van der Waals surface area contributed by atoms with Crippen molar-refractivity contribution >= 4 is 32.5 Å². The molecule has 0 radical (unpaired) electrons. The van der Waals surface area contributed by atoms with Crippen molar-refractivity contribution in [1.82, 2.24) is 4.98 Å². The molecule has 0 atom stereocenters. The maximum absolute atomic E-state index is 5.59. The van der Waals surface area contributed by atoms with Gasteiger partial charge in [-0.1, -0.05) is 36.7 Å². The quantitative estimate of drug-likeness (QED) is 0.624. The summed E-state index contributed by atoms with van der Waals surface area (Å²) in [5.41, 5.74) is 5.64. The Morgan fingerprint density at radius 2 is 1.94 bits per heavy atom. The van der Waals surface area contributed by atoms with Crippen molar-refractivity contribution < 1.29 is 0 Å². The van der Waals surface area contributed by atoms with Gasteiger partial charge < -0.3 is 5.43 Å². The van der Waals surface area contributed by atoms with E-state index >= 15 is 0 Å². The maximum Gasteiger partial charge on any atom is 0.0727 e. The molecular weight excluding hydrogens is 278 g/mol. The lowest BCUT2D eigenvalue weighted by Crippen LogP contribution is -2.16. The molecule has 4 heteroatoms. The molecule has 0 aliphatic carbocycles. The summed E-state index contributed by atoms with van der Waals surface area (Å²) in [4.78, 5) is 4.68. The van der Waals surface area contributed by atoms with Crippen LogP contribution in [0.2, 0.25) is 0 Å². The molecule has 0 aliphatic rings. The zero-order valence-electron chi connectivity index (χ0n) is 10.2. The van der Waals surface area contributed by atoms with E-state index in [9.17, 15) is 0 Å². The van der Waals surface area contributed by atoms with Gasteiger partial charge in [0.25, 0.3) is 0 Å². The average molecular weight is 294 g/mol. The Morgan fingerprint density at radius 3 is 2.53 bits per heavy atom. The molecule has 0 unspecified atom stereocenters. The second-order valence-electron chi connectivity index (χ2n) is 5.11. The van der Waals surface area contributed by atoms with Gasteiger partial charge >= 0.3 is 0 Å². The number of pyridine rings is 1. The Morgan fingerprint density at radius 1 is 1.24 bits per heavy atom. The highest BCUT2D eigenvalue weighted by atomic mass is 79.9. The number of fused-ring (bicyclic) bond motifs is 1. The molecule has 2 aromatic rings. The van der Waals surface area contributed by atoms with E-state index in [-0.39, 0.29) is 5.41 Å². The lowest BCUT2D eigenvalue weighted by Gasteiger charge is -2.19. The summed E-state index contributed by atoms with van der Waals surface area (Å²) in [5.74, 6) is 5.59. The monoisotopic (exact) mass is 293 g/mol. The number of nitrogen functional groups attached to an aromatic ring is 1. The summed E-state index contributed by atoms with van der Waals surface area (Å²) in [7, 11) is 0. The van der Waals surface area contributed by atoms with Crippen molar-refractivity contribution in [3.05, 3.63) is 34.4 Å². The lowest BCUT2D eigenvalue weighted by molar-refractivity contribution is 0.572. The third kappa shape index (κ3) is 2.42. The third-order valence-electron chi connectivity index (χ3n) is 2.69. The number of hydrogen-bond acceptors (Lipinski definition) is 3. The van der Waals surface area contributed by atoms with Gasteiger partial charge in [0, 0.05) is 21.0 Å². The van der Waals surface area contributed by atoms with Crippen LogP contribution in [-0.4, -0.2) is 4.98 Å². The first-order valence-electron chi connectivity index (χ1n) is 5.49. The van der Waals surface area contributed by atoms with E-state index in [2.05, 4.69) is 47.1 Å². The predicted molar refractivity (Wildman–Crippen MR) is 76.0 cm³/mol. The molecule has 0 aliphatic heterocycles. The van der Waals surface area contributed by atoms with Crippen LogP contribution in [0.4, 0.5) is 5.69 Å². The van der Waals surface area contributed by atoms with Crippen molar-refractivity contribution in [2.24, 2.45) is 5.84 Å². The van der Waals surface area contributed by atoms with Crippen LogP contribution >= 0.6 is 15.9 Å². The van der Waals surface area contributed by atoms with E-state index in [1.165, 1.54) is 0 Å². The molecule has 0 bridgehead atoms. The zero-order chi connectivity index (χ0) is 12.6. The minimum absolute atomic E-state index is 0.00681. The SMILES string of the molecule is CC(C)(C)c1cc(NN)c2cc(Br)ccc2n1.